The molecule has 1 aliphatic rings. The van der Waals surface area contributed by atoms with Crippen molar-refractivity contribution in [3.05, 3.63) is 98.3 Å². The summed E-state index contributed by atoms with van der Waals surface area (Å²) in [4.78, 5) is 16.8. The molecule has 0 N–H and O–H groups in total. The van der Waals surface area contributed by atoms with E-state index < -0.39 is 5.97 Å². The van der Waals surface area contributed by atoms with Crippen LogP contribution in [0.15, 0.2) is 77.4 Å². The number of halogens is 1. The summed E-state index contributed by atoms with van der Waals surface area (Å²) in [7, 11) is 0. The first-order chi connectivity index (χ1) is 15.5. The van der Waals surface area contributed by atoms with E-state index in [0.29, 0.717) is 30.6 Å². The third kappa shape index (κ3) is 5.02. The molecule has 0 bridgehead atoms. The largest absolute Gasteiger partial charge is 0.490 e. The summed E-state index contributed by atoms with van der Waals surface area (Å²) < 4.78 is 18.4. The van der Waals surface area contributed by atoms with E-state index in [9.17, 15) is 4.79 Å². The van der Waals surface area contributed by atoms with Crippen LogP contribution in [0.2, 0.25) is 0 Å². The molecule has 162 valence electrons. The molecule has 5 nitrogen and oxygen atoms in total. The van der Waals surface area contributed by atoms with Gasteiger partial charge in [-0.25, -0.2) is 9.79 Å². The smallest absolute Gasteiger partial charge is 0.363 e. The second-order valence-corrected chi connectivity index (χ2v) is 8.33. The van der Waals surface area contributed by atoms with E-state index >= 15 is 0 Å². The maximum Gasteiger partial charge on any atom is 0.363 e. The average molecular weight is 539 g/mol. The van der Waals surface area contributed by atoms with Gasteiger partial charge in [0.2, 0.25) is 5.90 Å². The number of hydrogen-bond donors (Lipinski definition) is 0. The summed E-state index contributed by atoms with van der Waals surface area (Å²) in [5, 5.41) is 0. The zero-order chi connectivity index (χ0) is 22.5. The van der Waals surface area contributed by atoms with E-state index in [0.717, 1.165) is 25.8 Å². The number of rotatable bonds is 7. The number of aryl methyl sites for hydroxylation is 1. The van der Waals surface area contributed by atoms with Gasteiger partial charge >= 0.3 is 5.97 Å². The molecule has 0 radical (unpaired) electrons. The number of cyclic esters (lactones) is 1. The number of aliphatic imine (C=N–C) groups is 1. The second kappa shape index (κ2) is 9.99. The minimum atomic E-state index is -0.472. The van der Waals surface area contributed by atoms with E-state index in [-0.39, 0.29) is 5.70 Å². The fraction of sp³-hybridized carbons (Fsp3) is 0.154. The summed E-state index contributed by atoms with van der Waals surface area (Å²) in [6.45, 7) is 4.81. The van der Waals surface area contributed by atoms with Gasteiger partial charge < -0.3 is 14.2 Å². The molecule has 0 saturated carbocycles. The Bertz CT molecular complexity index is 1220. The van der Waals surface area contributed by atoms with Crippen LogP contribution in [0.3, 0.4) is 0 Å². The highest BCUT2D eigenvalue weighted by Crippen LogP contribution is 2.31. The number of hydrogen-bond acceptors (Lipinski definition) is 5. The van der Waals surface area contributed by atoms with Gasteiger partial charge in [-0.05, 0) is 77.9 Å². The number of carbonyl (C=O) groups excluding carboxylic acids is 1. The van der Waals surface area contributed by atoms with E-state index in [2.05, 4.69) is 27.6 Å². The molecule has 0 fully saturated rings. The quantitative estimate of drug-likeness (QED) is 0.213. The van der Waals surface area contributed by atoms with Gasteiger partial charge in [0.15, 0.2) is 17.2 Å². The van der Waals surface area contributed by atoms with Gasteiger partial charge in [0.1, 0.15) is 6.61 Å². The Morgan fingerprint density at radius 2 is 1.78 bits per heavy atom. The summed E-state index contributed by atoms with van der Waals surface area (Å²) in [5.74, 6) is 1.11. The lowest BCUT2D eigenvalue weighted by atomic mass is 10.1. The summed E-state index contributed by atoms with van der Waals surface area (Å²) in [6, 6.07) is 21.3. The Balaban J connectivity index is 1.58. The Morgan fingerprint density at radius 1 is 1.00 bits per heavy atom. The van der Waals surface area contributed by atoms with Crippen molar-refractivity contribution in [2.24, 2.45) is 4.99 Å². The van der Waals surface area contributed by atoms with Crippen LogP contribution in [0.4, 0.5) is 0 Å². The molecule has 4 rings (SSSR count). The molecule has 0 atom stereocenters. The lowest BCUT2D eigenvalue weighted by molar-refractivity contribution is -0.129. The number of esters is 1. The van der Waals surface area contributed by atoms with Gasteiger partial charge in [0.05, 0.1) is 6.61 Å². The first-order valence-corrected chi connectivity index (χ1v) is 11.3. The lowest BCUT2D eigenvalue weighted by Gasteiger charge is -2.13. The van der Waals surface area contributed by atoms with Crippen molar-refractivity contribution in [2.75, 3.05) is 6.61 Å². The molecular weight excluding hydrogens is 517 g/mol. The van der Waals surface area contributed by atoms with Crippen LogP contribution in [-0.4, -0.2) is 18.5 Å². The SMILES string of the molecule is CCOc1cc(/C=C2\N=C(c3ccccc3C)OC2=O)ccc1OCc1ccccc1I. The van der Waals surface area contributed by atoms with Crippen LogP contribution in [0.5, 0.6) is 11.5 Å². The van der Waals surface area contributed by atoms with Gasteiger partial charge in [-0.2, -0.15) is 0 Å². The maximum atomic E-state index is 12.4. The van der Waals surface area contributed by atoms with Crippen LogP contribution in [0.25, 0.3) is 6.08 Å². The van der Waals surface area contributed by atoms with Crippen molar-refractivity contribution in [3.8, 4) is 11.5 Å². The van der Waals surface area contributed by atoms with E-state index in [1.165, 1.54) is 0 Å². The van der Waals surface area contributed by atoms with Gasteiger partial charge in [-0.1, -0.05) is 42.5 Å². The minimum absolute atomic E-state index is 0.248. The zero-order valence-corrected chi connectivity index (χ0v) is 20.0. The zero-order valence-electron chi connectivity index (χ0n) is 17.8. The Kier molecular flexibility index (Phi) is 6.90. The van der Waals surface area contributed by atoms with Crippen molar-refractivity contribution in [1.82, 2.24) is 0 Å². The second-order valence-electron chi connectivity index (χ2n) is 7.17. The molecule has 0 amide bonds. The molecule has 0 spiro atoms. The third-order valence-corrected chi connectivity index (χ3v) is 5.96. The Morgan fingerprint density at radius 3 is 2.56 bits per heavy atom. The molecule has 0 aliphatic carbocycles. The fourth-order valence-corrected chi connectivity index (χ4v) is 3.81. The van der Waals surface area contributed by atoms with Crippen LogP contribution in [-0.2, 0) is 16.1 Å². The predicted octanol–water partition coefficient (Wildman–Crippen LogP) is 5.92. The molecular formula is C26H22INO4. The fourth-order valence-electron chi connectivity index (χ4n) is 3.27. The summed E-state index contributed by atoms with van der Waals surface area (Å²) in [6.07, 6.45) is 1.69. The standard InChI is InChI=1S/C26H22INO4/c1-3-30-24-15-18(12-13-23(24)31-16-19-9-5-7-11-21(19)27)14-22-26(29)32-25(28-22)20-10-6-4-8-17(20)2/h4-15H,3,16H2,1-2H3/b22-14-. The molecule has 3 aromatic carbocycles. The van der Waals surface area contributed by atoms with Gasteiger partial charge in [0.25, 0.3) is 0 Å². The van der Waals surface area contributed by atoms with Crippen LogP contribution in [0.1, 0.15) is 29.2 Å². The highest BCUT2D eigenvalue weighted by molar-refractivity contribution is 14.1. The van der Waals surface area contributed by atoms with Crippen LogP contribution >= 0.6 is 22.6 Å². The van der Waals surface area contributed by atoms with Crippen molar-refractivity contribution in [1.29, 1.82) is 0 Å². The van der Waals surface area contributed by atoms with E-state index in [1.807, 2.05) is 80.6 Å². The first kappa shape index (κ1) is 22.1. The van der Waals surface area contributed by atoms with Gasteiger partial charge in [0, 0.05) is 14.7 Å². The number of nitrogens with zero attached hydrogens (tertiary/aromatic N) is 1. The monoisotopic (exact) mass is 539 g/mol. The molecule has 0 unspecified atom stereocenters. The minimum Gasteiger partial charge on any atom is -0.490 e. The predicted molar refractivity (Wildman–Crippen MR) is 133 cm³/mol. The van der Waals surface area contributed by atoms with Gasteiger partial charge in [-0.3, -0.25) is 0 Å². The van der Waals surface area contributed by atoms with E-state index in [4.69, 9.17) is 14.2 Å². The average Bonchev–Trinajstić information content (AvgIpc) is 3.14. The molecule has 32 heavy (non-hydrogen) atoms. The van der Waals surface area contributed by atoms with Crippen molar-refractivity contribution < 1.29 is 19.0 Å². The number of ether oxygens (including phenoxy) is 3. The maximum absolute atomic E-state index is 12.4. The molecule has 1 heterocycles. The number of carbonyl (C=O) groups is 1. The normalized spacial score (nSPS) is 14.3. The molecule has 3 aromatic rings. The molecule has 1 aliphatic heterocycles. The molecule has 0 aromatic heterocycles. The highest BCUT2D eigenvalue weighted by Gasteiger charge is 2.25. The highest BCUT2D eigenvalue weighted by atomic mass is 127. The summed E-state index contributed by atoms with van der Waals surface area (Å²) >= 11 is 2.30. The lowest BCUT2D eigenvalue weighted by Crippen LogP contribution is -2.06. The number of benzene rings is 3. The van der Waals surface area contributed by atoms with E-state index in [1.54, 1.807) is 6.08 Å². The first-order valence-electron chi connectivity index (χ1n) is 10.3. The van der Waals surface area contributed by atoms with Crippen LogP contribution < -0.4 is 9.47 Å². The Hall–Kier alpha value is -3.13. The molecule has 6 heteroatoms. The van der Waals surface area contributed by atoms with Gasteiger partial charge in [-0.15, -0.1) is 0 Å². The van der Waals surface area contributed by atoms with Crippen LogP contribution in [0, 0.1) is 10.5 Å². The Labute approximate surface area is 200 Å². The van der Waals surface area contributed by atoms with Crippen molar-refractivity contribution >= 4 is 40.5 Å². The van der Waals surface area contributed by atoms with Crippen molar-refractivity contribution in [3.63, 3.8) is 0 Å². The van der Waals surface area contributed by atoms with Crippen molar-refractivity contribution in [2.45, 2.75) is 20.5 Å². The summed E-state index contributed by atoms with van der Waals surface area (Å²) in [5.41, 5.74) is 3.93. The molecule has 0 saturated heterocycles. The topological polar surface area (TPSA) is 57.1 Å². The third-order valence-electron chi connectivity index (χ3n) is 4.91.